The van der Waals surface area contributed by atoms with Gasteiger partial charge in [0.15, 0.2) is 0 Å². The molecule has 2 aromatic rings. The van der Waals surface area contributed by atoms with Crippen molar-refractivity contribution in [3.8, 4) is 0 Å². The summed E-state index contributed by atoms with van der Waals surface area (Å²) in [5.74, 6) is -0.463. The van der Waals surface area contributed by atoms with E-state index < -0.39 is 15.9 Å². The summed E-state index contributed by atoms with van der Waals surface area (Å²) in [5, 5.41) is 4.38. The lowest BCUT2D eigenvalue weighted by Crippen LogP contribution is -2.07. The zero-order valence-corrected chi connectivity index (χ0v) is 12.3. The topological polar surface area (TPSA) is 72.2 Å². The van der Waals surface area contributed by atoms with Gasteiger partial charge in [-0.05, 0) is 32.0 Å². The fourth-order valence-electron chi connectivity index (χ4n) is 2.03. The Morgan fingerprint density at radius 3 is 2.60 bits per heavy atom. The van der Waals surface area contributed by atoms with Gasteiger partial charge in [-0.25, -0.2) is 4.39 Å². The maximum absolute atomic E-state index is 13.7. The molecule has 0 saturated carbocycles. The van der Waals surface area contributed by atoms with Gasteiger partial charge in [0.2, 0.25) is 0 Å². The smallest absolute Gasteiger partial charge is 0.282 e. The number of aromatic nitrogens is 2. The maximum Gasteiger partial charge on any atom is 0.298 e. The molecule has 8 heteroatoms. The number of hydrogen-bond acceptors (Lipinski definition) is 3. The Bertz CT molecular complexity index is 771. The average Bonchev–Trinajstić information content (AvgIpc) is 2.58. The van der Waals surface area contributed by atoms with Gasteiger partial charge in [-0.15, -0.1) is 0 Å². The van der Waals surface area contributed by atoms with E-state index in [0.717, 1.165) is 0 Å². The van der Waals surface area contributed by atoms with Crippen molar-refractivity contribution in [2.24, 2.45) is 0 Å². The highest BCUT2D eigenvalue weighted by molar-refractivity contribution is 7.86. The van der Waals surface area contributed by atoms with E-state index in [-0.39, 0.29) is 28.4 Å². The molecule has 0 saturated heterocycles. The zero-order valence-electron chi connectivity index (χ0n) is 10.8. The molecule has 1 heterocycles. The maximum atomic E-state index is 13.7. The van der Waals surface area contributed by atoms with Crippen molar-refractivity contribution >= 4 is 21.7 Å². The van der Waals surface area contributed by atoms with Crippen molar-refractivity contribution in [1.29, 1.82) is 0 Å². The van der Waals surface area contributed by atoms with E-state index in [4.69, 9.17) is 16.2 Å². The Labute approximate surface area is 120 Å². The molecular weight excluding hydrogens is 307 g/mol. The van der Waals surface area contributed by atoms with Crippen molar-refractivity contribution in [2.45, 2.75) is 25.3 Å². The van der Waals surface area contributed by atoms with Gasteiger partial charge in [0, 0.05) is 10.6 Å². The van der Waals surface area contributed by atoms with E-state index >= 15 is 0 Å². The molecule has 0 fully saturated rings. The van der Waals surface area contributed by atoms with E-state index in [2.05, 4.69) is 5.10 Å². The number of halogens is 2. The molecule has 1 N–H and O–H groups in total. The van der Waals surface area contributed by atoms with Gasteiger partial charge in [0.1, 0.15) is 10.7 Å². The van der Waals surface area contributed by atoms with Crippen molar-refractivity contribution < 1.29 is 17.4 Å². The summed E-state index contributed by atoms with van der Waals surface area (Å²) in [6.45, 7) is 2.97. The minimum absolute atomic E-state index is 0.0224. The number of aryl methyl sites for hydroxylation is 1. The van der Waals surface area contributed by atoms with E-state index in [1.54, 1.807) is 0 Å². The molecule has 0 spiro atoms. The average molecular weight is 319 g/mol. The van der Waals surface area contributed by atoms with Crippen LogP contribution in [0.15, 0.2) is 23.1 Å². The Morgan fingerprint density at radius 1 is 1.40 bits per heavy atom. The molecule has 1 aromatic heterocycles. The number of benzene rings is 1. The summed E-state index contributed by atoms with van der Waals surface area (Å²) in [6, 6.07) is 4.10. The molecule has 0 amide bonds. The number of nitrogens with zero attached hydrogens (tertiary/aromatic N) is 2. The van der Waals surface area contributed by atoms with Crippen LogP contribution in [0.2, 0.25) is 5.02 Å². The van der Waals surface area contributed by atoms with Crippen LogP contribution < -0.4 is 0 Å². The fraction of sp³-hybridized carbons (Fsp3) is 0.250. The van der Waals surface area contributed by atoms with Crippen LogP contribution in [0.4, 0.5) is 4.39 Å². The minimum Gasteiger partial charge on any atom is -0.282 e. The van der Waals surface area contributed by atoms with Crippen molar-refractivity contribution in [2.75, 3.05) is 0 Å². The lowest BCUT2D eigenvalue weighted by atomic mass is 10.2. The summed E-state index contributed by atoms with van der Waals surface area (Å²) in [7, 11) is -4.36. The highest BCUT2D eigenvalue weighted by Gasteiger charge is 2.22. The third kappa shape index (κ3) is 2.84. The van der Waals surface area contributed by atoms with Crippen molar-refractivity contribution in [3.63, 3.8) is 0 Å². The molecule has 0 atom stereocenters. The molecule has 20 heavy (non-hydrogen) atoms. The van der Waals surface area contributed by atoms with Gasteiger partial charge in [-0.2, -0.15) is 13.5 Å². The molecule has 1 aromatic carbocycles. The largest absolute Gasteiger partial charge is 0.298 e. The minimum atomic E-state index is -4.36. The van der Waals surface area contributed by atoms with Crippen LogP contribution in [-0.2, 0) is 16.7 Å². The van der Waals surface area contributed by atoms with Crippen LogP contribution in [0.25, 0.3) is 0 Å². The molecule has 0 unspecified atom stereocenters. The highest BCUT2D eigenvalue weighted by atomic mass is 35.5. The van der Waals surface area contributed by atoms with E-state index in [9.17, 15) is 12.8 Å². The SMILES string of the molecule is Cc1nn(Cc2cc(Cl)ccc2F)c(C)c1S(=O)(=O)O. The quantitative estimate of drug-likeness (QED) is 0.883. The molecule has 0 aliphatic carbocycles. The second-order valence-corrected chi connectivity index (χ2v) is 6.16. The molecule has 0 bridgehead atoms. The second kappa shape index (κ2) is 5.16. The summed E-state index contributed by atoms with van der Waals surface area (Å²) in [6.07, 6.45) is 0. The number of hydrogen-bond donors (Lipinski definition) is 1. The van der Waals surface area contributed by atoms with Crippen LogP contribution in [0, 0.1) is 19.7 Å². The lowest BCUT2D eigenvalue weighted by Gasteiger charge is -2.06. The van der Waals surface area contributed by atoms with E-state index in [1.165, 1.54) is 36.7 Å². The van der Waals surface area contributed by atoms with Crippen LogP contribution in [0.3, 0.4) is 0 Å². The molecular formula is C12H12ClFN2O3S. The van der Waals surface area contributed by atoms with Gasteiger partial charge in [-0.1, -0.05) is 11.6 Å². The molecule has 0 aliphatic heterocycles. The Balaban J connectivity index is 2.48. The third-order valence-electron chi connectivity index (χ3n) is 2.90. The van der Waals surface area contributed by atoms with Gasteiger partial charge >= 0.3 is 0 Å². The van der Waals surface area contributed by atoms with Gasteiger partial charge in [0.25, 0.3) is 10.1 Å². The van der Waals surface area contributed by atoms with Gasteiger partial charge < -0.3 is 0 Å². The number of rotatable bonds is 3. The summed E-state index contributed by atoms with van der Waals surface area (Å²) in [4.78, 5) is -0.250. The standard InChI is InChI=1S/C12H12ClFN2O3S/c1-7-12(20(17,18)19)8(2)16(15-7)6-9-5-10(13)3-4-11(9)14/h3-5H,6H2,1-2H3,(H,17,18,19). The van der Waals surface area contributed by atoms with E-state index in [0.29, 0.717) is 5.02 Å². The molecule has 5 nitrogen and oxygen atoms in total. The zero-order chi connectivity index (χ0) is 15.1. The second-order valence-electron chi connectivity index (χ2n) is 4.37. The summed E-state index contributed by atoms with van der Waals surface area (Å²) < 4.78 is 46.7. The van der Waals surface area contributed by atoms with Crippen LogP contribution in [-0.4, -0.2) is 22.8 Å². The first-order valence-corrected chi connectivity index (χ1v) is 7.47. The highest BCUT2D eigenvalue weighted by Crippen LogP contribution is 2.21. The summed E-state index contributed by atoms with van der Waals surface area (Å²) in [5.41, 5.74) is 0.682. The fourth-order valence-corrected chi connectivity index (χ4v) is 3.12. The first kappa shape index (κ1) is 15.0. The van der Waals surface area contributed by atoms with E-state index in [1.807, 2.05) is 0 Å². The lowest BCUT2D eigenvalue weighted by molar-refractivity contribution is 0.481. The Morgan fingerprint density at radius 2 is 2.05 bits per heavy atom. The van der Waals surface area contributed by atoms with Gasteiger partial charge in [0.05, 0.1) is 17.9 Å². The first-order chi connectivity index (χ1) is 9.20. The normalized spacial score (nSPS) is 11.8. The van der Waals surface area contributed by atoms with Crippen LogP contribution in [0.1, 0.15) is 17.0 Å². The van der Waals surface area contributed by atoms with Crippen LogP contribution in [0.5, 0.6) is 0 Å². The van der Waals surface area contributed by atoms with Crippen LogP contribution >= 0.6 is 11.6 Å². The Kier molecular flexibility index (Phi) is 3.86. The Hall–Kier alpha value is -1.44. The molecule has 0 aliphatic rings. The molecule has 0 radical (unpaired) electrons. The monoisotopic (exact) mass is 318 g/mol. The first-order valence-electron chi connectivity index (χ1n) is 5.65. The summed E-state index contributed by atoms with van der Waals surface area (Å²) >= 11 is 5.80. The predicted octanol–water partition coefficient (Wildman–Crippen LogP) is 2.59. The molecule has 108 valence electrons. The van der Waals surface area contributed by atoms with Gasteiger partial charge in [-0.3, -0.25) is 9.23 Å². The predicted molar refractivity (Wildman–Crippen MR) is 72.0 cm³/mol. The molecule has 2 rings (SSSR count). The van der Waals surface area contributed by atoms with Crippen molar-refractivity contribution in [1.82, 2.24) is 9.78 Å². The third-order valence-corrected chi connectivity index (χ3v) is 4.24. The van der Waals surface area contributed by atoms with Crippen molar-refractivity contribution in [3.05, 3.63) is 46.0 Å².